The highest BCUT2D eigenvalue weighted by Crippen LogP contribution is 2.23. The number of hydrogen-bond donors (Lipinski definition) is 2. The van der Waals surface area contributed by atoms with Gasteiger partial charge < -0.3 is 11.5 Å². The largest absolute Gasteiger partial charge is 0.368 e. The van der Waals surface area contributed by atoms with Gasteiger partial charge in [0.05, 0.1) is 11.4 Å². The van der Waals surface area contributed by atoms with Crippen LogP contribution in [0.4, 0.5) is 11.9 Å². The number of halogens is 1. The highest BCUT2D eigenvalue weighted by atomic mass is 35.5. The molecule has 0 saturated heterocycles. The van der Waals surface area contributed by atoms with E-state index in [4.69, 9.17) is 23.1 Å². The Balaban J connectivity index is 1.81. The number of nitrogens with two attached hydrogens (primary N) is 2. The van der Waals surface area contributed by atoms with Crippen molar-refractivity contribution in [3.05, 3.63) is 41.4 Å². The molecular weight excluding hydrogens is 324 g/mol. The number of hydrogen-bond acceptors (Lipinski definition) is 8. The Bertz CT molecular complexity index is 785. The zero-order valence-electron chi connectivity index (χ0n) is 11.2. The van der Waals surface area contributed by atoms with Crippen LogP contribution in [0.5, 0.6) is 0 Å². The second-order valence-corrected chi connectivity index (χ2v) is 5.60. The van der Waals surface area contributed by atoms with Crippen LogP contribution in [0.15, 0.2) is 35.7 Å². The summed E-state index contributed by atoms with van der Waals surface area (Å²) in [6, 6.07) is 7.41. The fourth-order valence-corrected chi connectivity index (χ4v) is 2.74. The Morgan fingerprint density at radius 2 is 1.91 bits per heavy atom. The molecule has 0 saturated carbocycles. The van der Waals surface area contributed by atoms with Gasteiger partial charge in [-0.05, 0) is 18.2 Å². The minimum absolute atomic E-state index is 0.0967. The van der Waals surface area contributed by atoms with E-state index in [1.54, 1.807) is 12.4 Å². The maximum Gasteiger partial charge on any atom is 0.225 e. The van der Waals surface area contributed by atoms with Gasteiger partial charge >= 0.3 is 0 Å². The molecule has 0 spiro atoms. The van der Waals surface area contributed by atoms with Crippen LogP contribution in [-0.2, 0) is 5.75 Å². The van der Waals surface area contributed by atoms with Crippen molar-refractivity contribution >= 4 is 35.3 Å². The van der Waals surface area contributed by atoms with E-state index in [0.29, 0.717) is 21.8 Å². The van der Waals surface area contributed by atoms with Crippen molar-refractivity contribution in [3.8, 4) is 5.69 Å². The lowest BCUT2D eigenvalue weighted by atomic mass is 10.3. The van der Waals surface area contributed by atoms with Crippen LogP contribution in [0.25, 0.3) is 5.69 Å². The van der Waals surface area contributed by atoms with Crippen LogP contribution in [0, 0.1) is 0 Å². The molecular formula is C12H11ClN8S. The average Bonchev–Trinajstić information content (AvgIpc) is 2.92. The summed E-state index contributed by atoms with van der Waals surface area (Å²) in [5, 5.41) is 9.32. The third-order valence-electron chi connectivity index (χ3n) is 2.65. The molecule has 2 aromatic heterocycles. The first-order valence-corrected chi connectivity index (χ1v) is 7.53. The van der Waals surface area contributed by atoms with Crippen molar-refractivity contribution < 1.29 is 0 Å². The predicted molar refractivity (Wildman–Crippen MR) is 84.6 cm³/mol. The van der Waals surface area contributed by atoms with Crippen molar-refractivity contribution in [2.75, 3.05) is 11.5 Å². The topological polar surface area (TPSA) is 121 Å². The van der Waals surface area contributed by atoms with Crippen LogP contribution in [0.2, 0.25) is 5.02 Å². The lowest BCUT2D eigenvalue weighted by molar-refractivity contribution is 0.880. The first-order chi connectivity index (χ1) is 10.6. The molecule has 4 N–H and O–H groups in total. The summed E-state index contributed by atoms with van der Waals surface area (Å²) in [6.07, 6.45) is 1.62. The number of rotatable bonds is 4. The van der Waals surface area contributed by atoms with Gasteiger partial charge in [0.25, 0.3) is 0 Å². The van der Waals surface area contributed by atoms with Crippen LogP contribution in [-0.4, -0.2) is 29.7 Å². The summed E-state index contributed by atoms with van der Waals surface area (Å²) in [7, 11) is 0. The third kappa shape index (κ3) is 3.26. The lowest BCUT2D eigenvalue weighted by Gasteiger charge is -2.06. The van der Waals surface area contributed by atoms with E-state index in [2.05, 4.69) is 25.1 Å². The smallest absolute Gasteiger partial charge is 0.225 e. The number of nitrogen functional groups attached to an aromatic ring is 2. The second kappa shape index (κ2) is 6.16. The second-order valence-electron chi connectivity index (χ2n) is 4.22. The van der Waals surface area contributed by atoms with Gasteiger partial charge in [-0.2, -0.15) is 15.0 Å². The van der Waals surface area contributed by atoms with Crippen LogP contribution in [0.3, 0.4) is 0 Å². The van der Waals surface area contributed by atoms with Gasteiger partial charge in [0.15, 0.2) is 5.16 Å². The normalized spacial score (nSPS) is 10.8. The Hall–Kier alpha value is -2.39. The average molecular weight is 335 g/mol. The molecule has 1 aromatic carbocycles. The maximum absolute atomic E-state index is 6.01. The Labute approximate surface area is 135 Å². The summed E-state index contributed by atoms with van der Waals surface area (Å²) in [5.41, 5.74) is 12.0. The Morgan fingerprint density at radius 3 is 2.64 bits per heavy atom. The highest BCUT2D eigenvalue weighted by Gasteiger charge is 2.10. The van der Waals surface area contributed by atoms with Gasteiger partial charge in [0, 0.05) is 5.02 Å². The van der Waals surface area contributed by atoms with E-state index in [0.717, 1.165) is 5.69 Å². The Morgan fingerprint density at radius 1 is 1.14 bits per heavy atom. The summed E-state index contributed by atoms with van der Waals surface area (Å²) in [5.74, 6) is 1.12. The summed E-state index contributed by atoms with van der Waals surface area (Å²) >= 11 is 7.41. The molecule has 10 heteroatoms. The van der Waals surface area contributed by atoms with Gasteiger partial charge in [-0.1, -0.05) is 29.4 Å². The van der Waals surface area contributed by atoms with Gasteiger partial charge in [0.2, 0.25) is 11.9 Å². The third-order valence-corrected chi connectivity index (χ3v) is 3.82. The molecule has 0 unspecified atom stereocenters. The molecule has 3 aromatic rings. The van der Waals surface area contributed by atoms with E-state index in [-0.39, 0.29) is 11.9 Å². The maximum atomic E-state index is 6.01. The number of aromatic nitrogens is 6. The van der Waals surface area contributed by atoms with Gasteiger partial charge in [-0.25, -0.2) is 0 Å². The fraction of sp³-hybridized carbons (Fsp3) is 0.0833. The standard InChI is InChI=1S/C12H11ClN8S/c13-7-2-1-3-8(4-7)21-6-16-20-12(21)22-5-9-17-10(14)19-11(15)18-9/h1-4,6H,5H2,(H4,14,15,17,18,19). The number of nitrogens with zero attached hydrogens (tertiary/aromatic N) is 6. The van der Waals surface area contributed by atoms with Crippen molar-refractivity contribution in [2.45, 2.75) is 10.9 Å². The first kappa shape index (κ1) is 14.5. The number of benzene rings is 1. The predicted octanol–water partition coefficient (Wildman–Crippen LogP) is 1.56. The fourth-order valence-electron chi connectivity index (χ4n) is 1.78. The van der Waals surface area contributed by atoms with Gasteiger partial charge in [-0.3, -0.25) is 4.57 Å². The molecule has 0 bridgehead atoms. The monoisotopic (exact) mass is 334 g/mol. The van der Waals surface area contributed by atoms with Gasteiger partial charge in [-0.15, -0.1) is 10.2 Å². The van der Waals surface area contributed by atoms with Crippen molar-refractivity contribution in [1.82, 2.24) is 29.7 Å². The SMILES string of the molecule is Nc1nc(N)nc(CSc2nncn2-c2cccc(Cl)c2)n1. The number of thioether (sulfide) groups is 1. The molecule has 3 rings (SSSR count). The lowest BCUT2D eigenvalue weighted by Crippen LogP contribution is -2.06. The highest BCUT2D eigenvalue weighted by molar-refractivity contribution is 7.98. The van der Waals surface area contributed by atoms with E-state index >= 15 is 0 Å². The van der Waals surface area contributed by atoms with Gasteiger partial charge in [0.1, 0.15) is 12.2 Å². The Kier molecular flexibility index (Phi) is 4.07. The van der Waals surface area contributed by atoms with Crippen LogP contribution in [0.1, 0.15) is 5.82 Å². The number of anilines is 2. The van der Waals surface area contributed by atoms with E-state index in [1.165, 1.54) is 11.8 Å². The molecule has 2 heterocycles. The van der Waals surface area contributed by atoms with Crippen molar-refractivity contribution in [3.63, 3.8) is 0 Å². The molecule has 0 aliphatic heterocycles. The minimum atomic E-state index is 0.0967. The van der Waals surface area contributed by atoms with Crippen molar-refractivity contribution in [2.24, 2.45) is 0 Å². The van der Waals surface area contributed by atoms with E-state index < -0.39 is 0 Å². The minimum Gasteiger partial charge on any atom is -0.368 e. The molecule has 8 nitrogen and oxygen atoms in total. The van der Waals surface area contributed by atoms with Crippen LogP contribution >= 0.6 is 23.4 Å². The molecule has 0 aliphatic rings. The summed E-state index contributed by atoms with van der Waals surface area (Å²) in [4.78, 5) is 11.8. The van der Waals surface area contributed by atoms with Crippen molar-refractivity contribution in [1.29, 1.82) is 0 Å². The molecule has 112 valence electrons. The zero-order valence-corrected chi connectivity index (χ0v) is 12.8. The molecule has 0 amide bonds. The summed E-state index contributed by atoms with van der Waals surface area (Å²) in [6.45, 7) is 0. The molecule has 0 atom stereocenters. The summed E-state index contributed by atoms with van der Waals surface area (Å²) < 4.78 is 1.82. The van der Waals surface area contributed by atoms with E-state index in [9.17, 15) is 0 Å². The quantitative estimate of drug-likeness (QED) is 0.689. The zero-order chi connectivity index (χ0) is 15.5. The van der Waals surface area contributed by atoms with E-state index in [1.807, 2.05) is 22.8 Å². The molecule has 0 radical (unpaired) electrons. The van der Waals surface area contributed by atoms with Crippen LogP contribution < -0.4 is 11.5 Å². The molecule has 22 heavy (non-hydrogen) atoms. The first-order valence-electron chi connectivity index (χ1n) is 6.16. The molecule has 0 fully saturated rings. The molecule has 0 aliphatic carbocycles.